The van der Waals surface area contributed by atoms with E-state index in [-0.39, 0.29) is 11.8 Å². The standard InChI is InChI=1S/C15H18N4O4S/c1-9(20)17-6-10-2-3-12(23-10)11-8-24-15(18-11)19-14(21)13-7-16-4-5-22-13/h2-3,8,13,16H,4-7H2,1H3,(H,17,20)(H,18,19,21). The molecule has 1 aliphatic heterocycles. The minimum Gasteiger partial charge on any atom is -0.458 e. The van der Waals surface area contributed by atoms with Crippen molar-refractivity contribution in [3.05, 3.63) is 23.3 Å². The minimum atomic E-state index is -0.501. The average molecular weight is 350 g/mol. The second kappa shape index (κ2) is 7.56. The molecule has 1 aliphatic rings. The maximum Gasteiger partial charge on any atom is 0.256 e. The molecule has 2 amide bonds. The van der Waals surface area contributed by atoms with Crippen molar-refractivity contribution >= 4 is 28.3 Å². The minimum absolute atomic E-state index is 0.119. The van der Waals surface area contributed by atoms with Gasteiger partial charge in [-0.05, 0) is 12.1 Å². The molecule has 0 spiro atoms. The van der Waals surface area contributed by atoms with Crippen LogP contribution in [0.3, 0.4) is 0 Å². The van der Waals surface area contributed by atoms with Gasteiger partial charge in [-0.25, -0.2) is 4.98 Å². The van der Waals surface area contributed by atoms with Crippen molar-refractivity contribution in [2.75, 3.05) is 25.0 Å². The number of thiazole rings is 1. The number of ether oxygens (including phenoxy) is 1. The first-order valence-electron chi connectivity index (χ1n) is 7.54. The van der Waals surface area contributed by atoms with E-state index in [2.05, 4.69) is 20.9 Å². The van der Waals surface area contributed by atoms with Crippen LogP contribution in [0.2, 0.25) is 0 Å². The molecular formula is C15H18N4O4S. The van der Waals surface area contributed by atoms with Crippen LogP contribution in [0.1, 0.15) is 12.7 Å². The predicted molar refractivity (Wildman–Crippen MR) is 88.6 cm³/mol. The third kappa shape index (κ3) is 4.19. The Labute approximate surface area is 142 Å². The molecule has 3 heterocycles. The first-order chi connectivity index (χ1) is 11.6. The SMILES string of the molecule is CC(=O)NCc1ccc(-c2csc(NC(=O)C3CNCCO3)n2)o1. The highest BCUT2D eigenvalue weighted by molar-refractivity contribution is 7.14. The largest absolute Gasteiger partial charge is 0.458 e. The highest BCUT2D eigenvalue weighted by Crippen LogP contribution is 2.26. The lowest BCUT2D eigenvalue weighted by atomic mass is 10.3. The molecule has 1 atom stereocenters. The molecule has 1 fully saturated rings. The quantitative estimate of drug-likeness (QED) is 0.742. The van der Waals surface area contributed by atoms with E-state index in [1.54, 1.807) is 17.5 Å². The maximum atomic E-state index is 12.1. The average Bonchev–Trinajstić information content (AvgIpc) is 3.22. The summed E-state index contributed by atoms with van der Waals surface area (Å²) in [5.74, 6) is 0.892. The fourth-order valence-corrected chi connectivity index (χ4v) is 2.89. The number of rotatable bonds is 5. The molecule has 0 saturated carbocycles. The lowest BCUT2D eigenvalue weighted by molar-refractivity contribution is -0.128. The molecular weight excluding hydrogens is 332 g/mol. The van der Waals surface area contributed by atoms with E-state index in [1.807, 2.05) is 0 Å². The summed E-state index contributed by atoms with van der Waals surface area (Å²) in [5.41, 5.74) is 0.632. The lowest BCUT2D eigenvalue weighted by Gasteiger charge is -2.22. The summed E-state index contributed by atoms with van der Waals surface area (Å²) in [6.07, 6.45) is -0.501. The van der Waals surface area contributed by atoms with Gasteiger partial charge >= 0.3 is 0 Å². The predicted octanol–water partition coefficient (Wildman–Crippen LogP) is 0.966. The van der Waals surface area contributed by atoms with E-state index < -0.39 is 6.10 Å². The summed E-state index contributed by atoms with van der Waals surface area (Å²) in [4.78, 5) is 27.4. The summed E-state index contributed by atoms with van der Waals surface area (Å²) in [6, 6.07) is 3.57. The fourth-order valence-electron chi connectivity index (χ4n) is 2.19. The number of aromatic nitrogens is 1. The Morgan fingerprint density at radius 1 is 1.46 bits per heavy atom. The maximum absolute atomic E-state index is 12.1. The summed E-state index contributed by atoms with van der Waals surface area (Å²) in [7, 11) is 0. The van der Waals surface area contributed by atoms with Crippen LogP contribution in [0.5, 0.6) is 0 Å². The van der Waals surface area contributed by atoms with Crippen LogP contribution in [0.4, 0.5) is 5.13 Å². The molecule has 3 rings (SSSR count). The highest BCUT2D eigenvalue weighted by atomic mass is 32.1. The van der Waals surface area contributed by atoms with Gasteiger partial charge in [0.15, 0.2) is 10.9 Å². The Kier molecular flexibility index (Phi) is 5.24. The van der Waals surface area contributed by atoms with Crippen LogP contribution in [-0.2, 0) is 20.9 Å². The Bertz CT molecular complexity index is 721. The summed E-state index contributed by atoms with van der Waals surface area (Å²) in [5, 5.41) is 10.8. The molecule has 0 bridgehead atoms. The van der Waals surface area contributed by atoms with Gasteiger partial charge in [0, 0.05) is 25.4 Å². The molecule has 3 N–H and O–H groups in total. The van der Waals surface area contributed by atoms with Crippen LogP contribution in [-0.4, -0.2) is 42.6 Å². The smallest absolute Gasteiger partial charge is 0.256 e. The van der Waals surface area contributed by atoms with Crippen LogP contribution in [0.15, 0.2) is 21.9 Å². The molecule has 128 valence electrons. The van der Waals surface area contributed by atoms with E-state index in [0.29, 0.717) is 42.0 Å². The normalized spacial score (nSPS) is 17.5. The molecule has 1 unspecified atom stereocenters. The number of nitrogens with one attached hydrogen (secondary N) is 3. The van der Waals surface area contributed by atoms with E-state index in [4.69, 9.17) is 9.15 Å². The van der Waals surface area contributed by atoms with Gasteiger partial charge in [0.05, 0.1) is 13.2 Å². The number of amides is 2. The van der Waals surface area contributed by atoms with Gasteiger partial charge in [0.1, 0.15) is 17.6 Å². The Morgan fingerprint density at radius 2 is 2.33 bits per heavy atom. The molecule has 2 aromatic rings. The molecule has 0 radical (unpaired) electrons. The molecule has 2 aromatic heterocycles. The monoisotopic (exact) mass is 350 g/mol. The number of morpholine rings is 1. The van der Waals surface area contributed by atoms with Crippen molar-refractivity contribution in [1.29, 1.82) is 0 Å². The number of furan rings is 1. The number of hydrogen-bond donors (Lipinski definition) is 3. The number of hydrogen-bond acceptors (Lipinski definition) is 7. The summed E-state index contributed by atoms with van der Waals surface area (Å²) < 4.78 is 11.0. The van der Waals surface area contributed by atoms with E-state index >= 15 is 0 Å². The molecule has 24 heavy (non-hydrogen) atoms. The van der Waals surface area contributed by atoms with Gasteiger partial charge in [-0.1, -0.05) is 0 Å². The lowest BCUT2D eigenvalue weighted by Crippen LogP contribution is -2.45. The second-order valence-corrected chi connectivity index (χ2v) is 6.12. The topological polar surface area (TPSA) is 105 Å². The van der Waals surface area contributed by atoms with Gasteiger partial charge in [0.25, 0.3) is 5.91 Å². The summed E-state index contributed by atoms with van der Waals surface area (Å²) >= 11 is 1.32. The molecule has 9 heteroatoms. The van der Waals surface area contributed by atoms with Gasteiger partial charge in [-0.3, -0.25) is 14.9 Å². The number of nitrogens with zero attached hydrogens (tertiary/aromatic N) is 1. The van der Waals surface area contributed by atoms with Gasteiger partial charge < -0.3 is 19.8 Å². The Hall–Kier alpha value is -2.23. The van der Waals surface area contributed by atoms with Gasteiger partial charge in [0.2, 0.25) is 5.91 Å². The third-order valence-corrected chi connectivity index (χ3v) is 4.14. The number of carbonyl (C=O) groups is 2. The van der Waals surface area contributed by atoms with E-state index in [9.17, 15) is 9.59 Å². The Morgan fingerprint density at radius 3 is 3.08 bits per heavy atom. The number of anilines is 1. The van der Waals surface area contributed by atoms with Crippen molar-refractivity contribution in [1.82, 2.24) is 15.6 Å². The highest BCUT2D eigenvalue weighted by Gasteiger charge is 2.22. The van der Waals surface area contributed by atoms with E-state index in [0.717, 1.165) is 6.54 Å². The summed E-state index contributed by atoms with van der Waals surface area (Å²) in [6.45, 7) is 3.55. The number of carbonyl (C=O) groups excluding carboxylic acids is 2. The van der Waals surface area contributed by atoms with Crippen LogP contribution in [0.25, 0.3) is 11.5 Å². The van der Waals surface area contributed by atoms with Crippen molar-refractivity contribution in [2.24, 2.45) is 0 Å². The molecule has 0 aliphatic carbocycles. The fraction of sp³-hybridized carbons (Fsp3) is 0.400. The van der Waals surface area contributed by atoms with Crippen molar-refractivity contribution in [2.45, 2.75) is 19.6 Å². The zero-order valence-corrected chi connectivity index (χ0v) is 13.9. The van der Waals surface area contributed by atoms with Crippen LogP contribution < -0.4 is 16.0 Å². The van der Waals surface area contributed by atoms with Crippen molar-refractivity contribution in [3.8, 4) is 11.5 Å². The second-order valence-electron chi connectivity index (χ2n) is 5.27. The third-order valence-electron chi connectivity index (χ3n) is 3.38. The van der Waals surface area contributed by atoms with Gasteiger partial charge in [-0.2, -0.15) is 0 Å². The van der Waals surface area contributed by atoms with Crippen molar-refractivity contribution in [3.63, 3.8) is 0 Å². The van der Waals surface area contributed by atoms with Crippen LogP contribution in [0, 0.1) is 0 Å². The zero-order valence-electron chi connectivity index (χ0n) is 13.1. The van der Waals surface area contributed by atoms with Crippen LogP contribution >= 0.6 is 11.3 Å². The zero-order chi connectivity index (χ0) is 16.9. The van der Waals surface area contributed by atoms with Gasteiger partial charge in [-0.15, -0.1) is 11.3 Å². The first-order valence-corrected chi connectivity index (χ1v) is 8.42. The van der Waals surface area contributed by atoms with E-state index in [1.165, 1.54) is 18.3 Å². The molecule has 0 aromatic carbocycles. The van der Waals surface area contributed by atoms with Crippen molar-refractivity contribution < 1.29 is 18.7 Å². The molecule has 1 saturated heterocycles. The Balaban J connectivity index is 1.60. The molecule has 8 nitrogen and oxygen atoms in total. The first kappa shape index (κ1) is 16.6.